The van der Waals surface area contributed by atoms with Crippen LogP contribution in [0.4, 0.5) is 5.95 Å². The van der Waals surface area contributed by atoms with Crippen LogP contribution in [0.25, 0.3) is 0 Å². The number of methoxy groups -OCH3 is 1. The van der Waals surface area contributed by atoms with Crippen molar-refractivity contribution in [3.8, 4) is 5.75 Å². The standard InChI is InChI=1S/C18H23N3O2/c1-14-12-17(22)21(13-15-6-8-16(23-2)9-7-15)18(19-14)20-10-4-3-5-11-20/h6-9,12H,3-5,10-11,13H2,1-2H3. The Hall–Kier alpha value is -2.30. The van der Waals surface area contributed by atoms with Crippen molar-refractivity contribution in [2.24, 2.45) is 0 Å². The minimum atomic E-state index is 0.00823. The van der Waals surface area contributed by atoms with Crippen molar-refractivity contribution in [2.75, 3.05) is 25.1 Å². The number of piperidine rings is 1. The molecule has 5 heteroatoms. The van der Waals surface area contributed by atoms with Crippen molar-refractivity contribution in [2.45, 2.75) is 32.7 Å². The first kappa shape index (κ1) is 15.6. The van der Waals surface area contributed by atoms with Gasteiger partial charge in [-0.05, 0) is 43.9 Å². The van der Waals surface area contributed by atoms with Gasteiger partial charge in [0.1, 0.15) is 5.75 Å². The van der Waals surface area contributed by atoms with Gasteiger partial charge in [0, 0.05) is 24.8 Å². The Kier molecular flexibility index (Phi) is 4.65. The predicted octanol–water partition coefficient (Wildman–Crippen LogP) is 2.60. The van der Waals surface area contributed by atoms with Gasteiger partial charge in [-0.3, -0.25) is 9.36 Å². The maximum absolute atomic E-state index is 12.5. The van der Waals surface area contributed by atoms with Crippen molar-refractivity contribution in [3.63, 3.8) is 0 Å². The zero-order valence-electron chi connectivity index (χ0n) is 13.8. The zero-order chi connectivity index (χ0) is 16.2. The molecule has 23 heavy (non-hydrogen) atoms. The number of rotatable bonds is 4. The predicted molar refractivity (Wildman–Crippen MR) is 91.4 cm³/mol. The van der Waals surface area contributed by atoms with Crippen molar-refractivity contribution in [1.82, 2.24) is 9.55 Å². The number of anilines is 1. The Balaban J connectivity index is 1.94. The molecule has 0 amide bonds. The average molecular weight is 313 g/mol. The number of hydrogen-bond donors (Lipinski definition) is 0. The number of ether oxygens (including phenoxy) is 1. The van der Waals surface area contributed by atoms with Crippen LogP contribution in [0.1, 0.15) is 30.5 Å². The van der Waals surface area contributed by atoms with Crippen LogP contribution in [0.5, 0.6) is 5.75 Å². The molecule has 0 N–H and O–H groups in total. The van der Waals surface area contributed by atoms with E-state index in [2.05, 4.69) is 9.88 Å². The van der Waals surface area contributed by atoms with Gasteiger partial charge in [-0.1, -0.05) is 12.1 Å². The smallest absolute Gasteiger partial charge is 0.255 e. The Morgan fingerprint density at radius 2 is 1.83 bits per heavy atom. The highest BCUT2D eigenvalue weighted by atomic mass is 16.5. The molecule has 0 unspecified atom stereocenters. The Morgan fingerprint density at radius 3 is 2.48 bits per heavy atom. The normalized spacial score (nSPS) is 14.8. The minimum absolute atomic E-state index is 0.00823. The second kappa shape index (κ2) is 6.86. The van der Waals surface area contributed by atoms with Gasteiger partial charge in [0.15, 0.2) is 0 Å². The third-order valence-electron chi connectivity index (χ3n) is 4.25. The van der Waals surface area contributed by atoms with Gasteiger partial charge in [0.2, 0.25) is 5.95 Å². The van der Waals surface area contributed by atoms with Gasteiger partial charge in [0.25, 0.3) is 5.56 Å². The molecule has 2 aromatic rings. The summed E-state index contributed by atoms with van der Waals surface area (Å²) in [6.07, 6.45) is 3.57. The van der Waals surface area contributed by atoms with Gasteiger partial charge in [-0.2, -0.15) is 0 Å². The van der Waals surface area contributed by atoms with Crippen LogP contribution in [0.3, 0.4) is 0 Å². The number of nitrogens with zero attached hydrogens (tertiary/aromatic N) is 3. The van der Waals surface area contributed by atoms with Crippen LogP contribution in [0.2, 0.25) is 0 Å². The molecule has 1 aliphatic rings. The summed E-state index contributed by atoms with van der Waals surface area (Å²) in [5.41, 5.74) is 1.85. The van der Waals surface area contributed by atoms with Crippen molar-refractivity contribution >= 4 is 5.95 Å². The summed E-state index contributed by atoms with van der Waals surface area (Å²) in [5.74, 6) is 1.62. The molecule has 0 radical (unpaired) electrons. The van der Waals surface area contributed by atoms with E-state index in [0.717, 1.165) is 48.9 Å². The highest BCUT2D eigenvalue weighted by Crippen LogP contribution is 2.19. The van der Waals surface area contributed by atoms with Gasteiger partial charge in [-0.15, -0.1) is 0 Å². The minimum Gasteiger partial charge on any atom is -0.497 e. The van der Waals surface area contributed by atoms with Crippen LogP contribution in [0, 0.1) is 6.92 Å². The van der Waals surface area contributed by atoms with Crippen LogP contribution < -0.4 is 15.2 Å². The monoisotopic (exact) mass is 313 g/mol. The summed E-state index contributed by atoms with van der Waals surface area (Å²) in [4.78, 5) is 19.4. The van der Waals surface area contributed by atoms with Crippen LogP contribution in [-0.4, -0.2) is 29.8 Å². The third-order valence-corrected chi connectivity index (χ3v) is 4.25. The molecule has 1 aliphatic heterocycles. The fraction of sp³-hybridized carbons (Fsp3) is 0.444. The third kappa shape index (κ3) is 3.55. The second-order valence-corrected chi connectivity index (χ2v) is 6.02. The lowest BCUT2D eigenvalue weighted by Gasteiger charge is -2.29. The first-order valence-electron chi connectivity index (χ1n) is 8.14. The SMILES string of the molecule is COc1ccc(Cn2c(N3CCCCC3)nc(C)cc2=O)cc1. The summed E-state index contributed by atoms with van der Waals surface area (Å²) in [5, 5.41) is 0. The molecule has 122 valence electrons. The number of aromatic nitrogens is 2. The molecular formula is C18H23N3O2. The quantitative estimate of drug-likeness (QED) is 0.870. The highest BCUT2D eigenvalue weighted by Gasteiger charge is 2.17. The molecular weight excluding hydrogens is 290 g/mol. The topological polar surface area (TPSA) is 47.4 Å². The summed E-state index contributed by atoms with van der Waals surface area (Å²) >= 11 is 0. The van der Waals surface area contributed by atoms with E-state index in [1.807, 2.05) is 31.2 Å². The molecule has 0 atom stereocenters. The van der Waals surface area contributed by atoms with E-state index in [0.29, 0.717) is 6.54 Å². The van der Waals surface area contributed by atoms with Gasteiger partial charge < -0.3 is 9.64 Å². The van der Waals surface area contributed by atoms with E-state index in [-0.39, 0.29) is 5.56 Å². The maximum atomic E-state index is 12.5. The molecule has 3 rings (SSSR count). The summed E-state index contributed by atoms with van der Waals surface area (Å²) in [6.45, 7) is 4.35. The molecule has 1 saturated heterocycles. The van der Waals surface area contributed by atoms with E-state index < -0.39 is 0 Å². The van der Waals surface area contributed by atoms with Crippen molar-refractivity contribution in [1.29, 1.82) is 0 Å². The molecule has 1 aromatic carbocycles. The number of aryl methyl sites for hydroxylation is 1. The lowest BCUT2D eigenvalue weighted by Crippen LogP contribution is -2.36. The summed E-state index contributed by atoms with van der Waals surface area (Å²) < 4.78 is 6.97. The summed E-state index contributed by atoms with van der Waals surface area (Å²) in [6, 6.07) is 9.43. The molecule has 5 nitrogen and oxygen atoms in total. The number of hydrogen-bond acceptors (Lipinski definition) is 4. The summed E-state index contributed by atoms with van der Waals surface area (Å²) in [7, 11) is 1.65. The fourth-order valence-electron chi connectivity index (χ4n) is 3.00. The first-order valence-corrected chi connectivity index (χ1v) is 8.14. The number of benzene rings is 1. The molecule has 0 spiro atoms. The van der Waals surface area contributed by atoms with E-state index >= 15 is 0 Å². The Morgan fingerprint density at radius 1 is 1.13 bits per heavy atom. The molecule has 1 aromatic heterocycles. The lowest BCUT2D eigenvalue weighted by atomic mass is 10.1. The van der Waals surface area contributed by atoms with Gasteiger partial charge >= 0.3 is 0 Å². The van der Waals surface area contributed by atoms with E-state index in [9.17, 15) is 4.79 Å². The van der Waals surface area contributed by atoms with Gasteiger partial charge in [-0.25, -0.2) is 4.98 Å². The van der Waals surface area contributed by atoms with Crippen LogP contribution in [-0.2, 0) is 6.54 Å². The first-order chi connectivity index (χ1) is 11.2. The Labute approximate surface area is 136 Å². The fourth-order valence-corrected chi connectivity index (χ4v) is 3.00. The average Bonchev–Trinajstić information content (AvgIpc) is 2.58. The van der Waals surface area contributed by atoms with Crippen molar-refractivity contribution < 1.29 is 4.74 Å². The molecule has 2 heterocycles. The Bertz CT molecular complexity index is 716. The van der Waals surface area contributed by atoms with Gasteiger partial charge in [0.05, 0.1) is 13.7 Å². The molecule has 0 bridgehead atoms. The maximum Gasteiger partial charge on any atom is 0.255 e. The van der Waals surface area contributed by atoms with Crippen LogP contribution in [0.15, 0.2) is 35.1 Å². The van der Waals surface area contributed by atoms with E-state index in [1.165, 1.54) is 6.42 Å². The van der Waals surface area contributed by atoms with Crippen molar-refractivity contribution in [3.05, 3.63) is 51.9 Å². The van der Waals surface area contributed by atoms with E-state index in [4.69, 9.17) is 4.74 Å². The van der Waals surface area contributed by atoms with E-state index in [1.54, 1.807) is 17.7 Å². The van der Waals surface area contributed by atoms with Crippen LogP contribution >= 0.6 is 0 Å². The highest BCUT2D eigenvalue weighted by molar-refractivity contribution is 5.35. The molecule has 1 fully saturated rings. The molecule has 0 aliphatic carbocycles. The molecule has 0 saturated carbocycles. The zero-order valence-corrected chi connectivity index (χ0v) is 13.8. The largest absolute Gasteiger partial charge is 0.497 e. The second-order valence-electron chi connectivity index (χ2n) is 6.02. The lowest BCUT2D eigenvalue weighted by molar-refractivity contribution is 0.414.